The molecule has 0 aliphatic carbocycles. The van der Waals surface area contributed by atoms with E-state index in [-0.39, 0.29) is 17.4 Å². The summed E-state index contributed by atoms with van der Waals surface area (Å²) in [6, 6.07) is 3.33. The van der Waals surface area contributed by atoms with Crippen LogP contribution < -0.4 is 5.56 Å². The van der Waals surface area contributed by atoms with Gasteiger partial charge in [-0.1, -0.05) is 0 Å². The summed E-state index contributed by atoms with van der Waals surface area (Å²) in [5.74, 6) is 0.372. The molecule has 1 unspecified atom stereocenters. The van der Waals surface area contributed by atoms with Gasteiger partial charge in [-0.2, -0.15) is 5.10 Å². The fourth-order valence-electron chi connectivity index (χ4n) is 4.95. The third-order valence-corrected chi connectivity index (χ3v) is 6.67. The molecule has 158 valence electrons. The molecule has 3 fully saturated rings. The van der Waals surface area contributed by atoms with Gasteiger partial charge in [0.2, 0.25) is 5.91 Å². The van der Waals surface area contributed by atoms with E-state index in [0.29, 0.717) is 30.7 Å². The van der Waals surface area contributed by atoms with Crippen LogP contribution in [-0.2, 0) is 11.8 Å². The van der Waals surface area contributed by atoms with Crippen LogP contribution in [0.25, 0.3) is 0 Å². The van der Waals surface area contributed by atoms with Crippen LogP contribution in [0, 0.1) is 5.92 Å². The SMILES string of the molecule is Cn1nc(C(=O)N2CCC(N3CCCC(C(=O)N4CCCC4)C3)CC2)ccc1=O. The Morgan fingerprint density at radius 3 is 2.34 bits per heavy atom. The number of aryl methyl sites for hydroxylation is 1. The first-order chi connectivity index (χ1) is 14.0. The van der Waals surface area contributed by atoms with Gasteiger partial charge in [0.25, 0.3) is 11.5 Å². The predicted octanol–water partition coefficient (Wildman–Crippen LogP) is 0.719. The summed E-state index contributed by atoms with van der Waals surface area (Å²) in [4.78, 5) is 43.4. The maximum absolute atomic E-state index is 12.8. The van der Waals surface area contributed by atoms with Crippen molar-refractivity contribution < 1.29 is 9.59 Å². The molecule has 3 aliphatic heterocycles. The lowest BCUT2D eigenvalue weighted by molar-refractivity contribution is -0.136. The number of hydrogen-bond donors (Lipinski definition) is 0. The molecule has 0 N–H and O–H groups in total. The molecule has 0 saturated carbocycles. The molecule has 0 radical (unpaired) electrons. The largest absolute Gasteiger partial charge is 0.342 e. The molecule has 4 heterocycles. The Bertz CT molecular complexity index is 809. The molecule has 0 aromatic carbocycles. The highest BCUT2D eigenvalue weighted by Crippen LogP contribution is 2.26. The van der Waals surface area contributed by atoms with E-state index in [1.807, 2.05) is 4.90 Å². The highest BCUT2D eigenvalue weighted by molar-refractivity contribution is 5.92. The lowest BCUT2D eigenvalue weighted by atomic mass is 9.93. The summed E-state index contributed by atoms with van der Waals surface area (Å²) in [5, 5.41) is 4.08. The number of carbonyl (C=O) groups is 2. The Kier molecular flexibility index (Phi) is 5.99. The zero-order valence-electron chi connectivity index (χ0n) is 17.3. The van der Waals surface area contributed by atoms with Crippen LogP contribution in [-0.4, -0.2) is 81.6 Å². The number of rotatable bonds is 3. The van der Waals surface area contributed by atoms with E-state index in [0.717, 1.165) is 64.7 Å². The fraction of sp³-hybridized carbons (Fsp3) is 0.714. The summed E-state index contributed by atoms with van der Waals surface area (Å²) >= 11 is 0. The van der Waals surface area contributed by atoms with Gasteiger partial charge in [0.05, 0.1) is 5.92 Å². The molecule has 1 aromatic heterocycles. The number of nitrogens with zero attached hydrogens (tertiary/aromatic N) is 5. The summed E-state index contributed by atoms with van der Waals surface area (Å²) < 4.78 is 1.20. The lowest BCUT2D eigenvalue weighted by Crippen LogP contribution is -2.51. The minimum Gasteiger partial charge on any atom is -0.342 e. The molecule has 8 heteroatoms. The van der Waals surface area contributed by atoms with Crippen LogP contribution in [0.2, 0.25) is 0 Å². The van der Waals surface area contributed by atoms with Crippen molar-refractivity contribution in [3.05, 3.63) is 28.2 Å². The van der Waals surface area contributed by atoms with Gasteiger partial charge in [0.1, 0.15) is 5.69 Å². The van der Waals surface area contributed by atoms with E-state index < -0.39 is 0 Å². The van der Waals surface area contributed by atoms with Crippen molar-refractivity contribution in [1.82, 2.24) is 24.5 Å². The Labute approximate surface area is 171 Å². The smallest absolute Gasteiger partial charge is 0.274 e. The van der Waals surface area contributed by atoms with Gasteiger partial charge < -0.3 is 9.80 Å². The Morgan fingerprint density at radius 2 is 1.66 bits per heavy atom. The number of amides is 2. The molecule has 0 bridgehead atoms. The predicted molar refractivity (Wildman–Crippen MR) is 109 cm³/mol. The van der Waals surface area contributed by atoms with Crippen molar-refractivity contribution >= 4 is 11.8 Å². The van der Waals surface area contributed by atoms with Gasteiger partial charge in [0, 0.05) is 51.9 Å². The van der Waals surface area contributed by atoms with E-state index in [1.54, 1.807) is 7.05 Å². The standard InChI is InChI=1S/C21H31N5O3/c1-23-19(27)7-6-18(22-23)21(29)25-13-8-17(9-14-25)26-12-4-5-16(15-26)20(28)24-10-2-3-11-24/h6-7,16-17H,2-5,8-15H2,1H3. The Hall–Kier alpha value is -2.22. The first-order valence-electron chi connectivity index (χ1n) is 10.9. The Morgan fingerprint density at radius 1 is 0.931 bits per heavy atom. The minimum atomic E-state index is -0.219. The van der Waals surface area contributed by atoms with Crippen LogP contribution >= 0.6 is 0 Å². The van der Waals surface area contributed by atoms with Gasteiger partial charge in [-0.15, -0.1) is 0 Å². The summed E-state index contributed by atoms with van der Waals surface area (Å²) in [6.07, 6.45) is 6.19. The molecule has 0 spiro atoms. The third-order valence-electron chi connectivity index (χ3n) is 6.67. The minimum absolute atomic E-state index is 0.111. The van der Waals surface area contributed by atoms with E-state index >= 15 is 0 Å². The quantitative estimate of drug-likeness (QED) is 0.746. The van der Waals surface area contributed by atoms with Crippen molar-refractivity contribution in [2.24, 2.45) is 13.0 Å². The molecule has 3 saturated heterocycles. The molecule has 4 rings (SSSR count). The highest BCUT2D eigenvalue weighted by atomic mass is 16.2. The molecule has 29 heavy (non-hydrogen) atoms. The first-order valence-corrected chi connectivity index (χ1v) is 10.9. The maximum Gasteiger partial charge on any atom is 0.274 e. The number of piperidine rings is 2. The first kappa shape index (κ1) is 20.1. The van der Waals surface area contributed by atoms with Gasteiger partial charge in [0.15, 0.2) is 0 Å². The van der Waals surface area contributed by atoms with Gasteiger partial charge in [-0.05, 0) is 51.1 Å². The zero-order chi connectivity index (χ0) is 20.4. The van der Waals surface area contributed by atoms with Crippen LogP contribution in [0.3, 0.4) is 0 Å². The summed E-state index contributed by atoms with van der Waals surface area (Å²) in [5.41, 5.74) is 0.100. The molecule has 3 aliphatic rings. The second-order valence-corrected chi connectivity index (χ2v) is 8.57. The molecular weight excluding hydrogens is 370 g/mol. The van der Waals surface area contributed by atoms with E-state index in [1.165, 1.54) is 16.8 Å². The number of likely N-dealkylation sites (tertiary alicyclic amines) is 3. The molecular formula is C21H31N5O3. The van der Waals surface area contributed by atoms with Crippen LogP contribution in [0.15, 0.2) is 16.9 Å². The van der Waals surface area contributed by atoms with Crippen molar-refractivity contribution in [2.45, 2.75) is 44.6 Å². The average Bonchev–Trinajstić information content (AvgIpc) is 3.30. The number of carbonyl (C=O) groups excluding carboxylic acids is 2. The highest BCUT2D eigenvalue weighted by Gasteiger charge is 2.35. The third kappa shape index (κ3) is 4.37. The van der Waals surface area contributed by atoms with Gasteiger partial charge >= 0.3 is 0 Å². The van der Waals surface area contributed by atoms with Crippen LogP contribution in [0.1, 0.15) is 49.0 Å². The fourth-order valence-corrected chi connectivity index (χ4v) is 4.95. The van der Waals surface area contributed by atoms with Gasteiger partial charge in [-0.3, -0.25) is 19.3 Å². The molecule has 1 atom stereocenters. The summed E-state index contributed by atoms with van der Waals surface area (Å²) in [7, 11) is 1.56. The topological polar surface area (TPSA) is 78.8 Å². The second-order valence-electron chi connectivity index (χ2n) is 8.57. The van der Waals surface area contributed by atoms with E-state index in [4.69, 9.17) is 0 Å². The van der Waals surface area contributed by atoms with Crippen LogP contribution in [0.4, 0.5) is 0 Å². The van der Waals surface area contributed by atoms with Crippen molar-refractivity contribution in [3.63, 3.8) is 0 Å². The second kappa shape index (κ2) is 8.65. The van der Waals surface area contributed by atoms with Crippen molar-refractivity contribution in [1.29, 1.82) is 0 Å². The van der Waals surface area contributed by atoms with Crippen molar-refractivity contribution in [2.75, 3.05) is 39.3 Å². The van der Waals surface area contributed by atoms with E-state index in [9.17, 15) is 14.4 Å². The number of aromatic nitrogens is 2. The normalized spacial score (nSPS) is 24.1. The molecule has 2 amide bonds. The van der Waals surface area contributed by atoms with Gasteiger partial charge in [-0.25, -0.2) is 4.68 Å². The van der Waals surface area contributed by atoms with Crippen molar-refractivity contribution in [3.8, 4) is 0 Å². The summed E-state index contributed by atoms with van der Waals surface area (Å²) in [6.45, 7) is 5.13. The molecule has 8 nitrogen and oxygen atoms in total. The lowest BCUT2D eigenvalue weighted by Gasteiger charge is -2.42. The maximum atomic E-state index is 12.8. The monoisotopic (exact) mass is 401 g/mol. The Balaban J connectivity index is 1.31. The number of hydrogen-bond acceptors (Lipinski definition) is 5. The van der Waals surface area contributed by atoms with Crippen LogP contribution in [0.5, 0.6) is 0 Å². The zero-order valence-corrected chi connectivity index (χ0v) is 17.3. The average molecular weight is 402 g/mol. The molecule has 1 aromatic rings. The van der Waals surface area contributed by atoms with E-state index in [2.05, 4.69) is 14.9 Å².